The Morgan fingerprint density at radius 2 is 1.84 bits per heavy atom. The molecule has 0 aliphatic carbocycles. The first-order valence-electron chi connectivity index (χ1n) is 12.2. The Labute approximate surface area is 217 Å². The van der Waals surface area contributed by atoms with E-state index in [1.54, 1.807) is 13.3 Å². The number of carbonyl (C=O) groups is 1. The zero-order valence-corrected chi connectivity index (χ0v) is 22.2. The lowest BCUT2D eigenvalue weighted by molar-refractivity contribution is -0.115. The van der Waals surface area contributed by atoms with Crippen LogP contribution in [-0.2, 0) is 11.8 Å². The van der Waals surface area contributed by atoms with Gasteiger partial charge in [-0.3, -0.25) is 4.79 Å². The van der Waals surface area contributed by atoms with Crippen LogP contribution in [0.5, 0.6) is 5.75 Å². The van der Waals surface area contributed by atoms with Crippen LogP contribution >= 0.6 is 0 Å². The van der Waals surface area contributed by atoms with Gasteiger partial charge in [-0.15, -0.1) is 0 Å². The third-order valence-corrected chi connectivity index (χ3v) is 6.13. The van der Waals surface area contributed by atoms with E-state index in [0.29, 0.717) is 35.2 Å². The number of aryl methyl sites for hydroxylation is 1. The summed E-state index contributed by atoms with van der Waals surface area (Å²) in [6.45, 7) is 3.47. The summed E-state index contributed by atoms with van der Waals surface area (Å²) in [6.07, 6.45) is 2.07. The Morgan fingerprint density at radius 1 is 1.05 bits per heavy atom. The molecule has 0 aliphatic rings. The van der Waals surface area contributed by atoms with E-state index < -0.39 is 0 Å². The molecule has 1 amide bonds. The molecule has 0 atom stereocenters. The molecule has 0 saturated carbocycles. The van der Waals surface area contributed by atoms with E-state index in [1.165, 1.54) is 0 Å². The monoisotopic (exact) mass is 502 g/mol. The van der Waals surface area contributed by atoms with Crippen molar-refractivity contribution in [2.24, 2.45) is 7.05 Å². The lowest BCUT2D eigenvalue weighted by atomic mass is 10.2. The normalized spacial score (nSPS) is 11.1. The van der Waals surface area contributed by atoms with Gasteiger partial charge in [0.25, 0.3) is 0 Å². The van der Waals surface area contributed by atoms with Crippen LogP contribution in [0.1, 0.15) is 13.3 Å². The largest absolute Gasteiger partial charge is 0.494 e. The second kappa shape index (κ2) is 11.3. The smallest absolute Gasteiger partial charge is 0.227 e. The van der Waals surface area contributed by atoms with Crippen LogP contribution in [0.15, 0.2) is 48.7 Å². The van der Waals surface area contributed by atoms with Gasteiger partial charge in [-0.25, -0.2) is 15.0 Å². The van der Waals surface area contributed by atoms with E-state index in [4.69, 9.17) is 14.7 Å². The standard InChI is InChI=1S/C27H34N8O2/c1-7-25(36)29-20-16-21(24(37-6)17-23(20)34(4)15-14-33(2)3)32-27-28-13-12-19(31-27)26-30-18-10-8-9-11-22(18)35(26)5/h8-13,16-17H,7,14-15H2,1-6H3,(H,29,36)(H,28,31,32). The number of nitrogens with one attached hydrogen (secondary N) is 2. The minimum Gasteiger partial charge on any atom is -0.494 e. The summed E-state index contributed by atoms with van der Waals surface area (Å²) in [4.78, 5) is 30.4. The van der Waals surface area contributed by atoms with Crippen LogP contribution in [-0.4, -0.2) is 71.7 Å². The van der Waals surface area contributed by atoms with Gasteiger partial charge in [-0.2, -0.15) is 0 Å². The van der Waals surface area contributed by atoms with Crippen molar-refractivity contribution in [2.45, 2.75) is 13.3 Å². The van der Waals surface area contributed by atoms with Crippen molar-refractivity contribution in [1.82, 2.24) is 24.4 Å². The molecular weight excluding hydrogens is 468 g/mol. The third kappa shape index (κ3) is 5.80. The highest BCUT2D eigenvalue weighted by atomic mass is 16.5. The van der Waals surface area contributed by atoms with Crippen molar-refractivity contribution in [3.05, 3.63) is 48.7 Å². The van der Waals surface area contributed by atoms with E-state index in [1.807, 2.05) is 82.1 Å². The maximum atomic E-state index is 12.3. The number of likely N-dealkylation sites (N-methyl/N-ethyl adjacent to an activating group) is 2. The number of benzene rings is 2. The first kappa shape index (κ1) is 25.9. The van der Waals surface area contributed by atoms with Gasteiger partial charge < -0.3 is 29.7 Å². The molecule has 0 radical (unpaired) electrons. The number of imidazole rings is 1. The second-order valence-electron chi connectivity index (χ2n) is 9.07. The van der Waals surface area contributed by atoms with Crippen LogP contribution in [0, 0.1) is 0 Å². The van der Waals surface area contributed by atoms with Gasteiger partial charge in [0.2, 0.25) is 11.9 Å². The number of methoxy groups -OCH3 is 1. The zero-order valence-electron chi connectivity index (χ0n) is 22.2. The second-order valence-corrected chi connectivity index (χ2v) is 9.07. The number of carbonyl (C=O) groups excluding carboxylic acids is 1. The zero-order chi connectivity index (χ0) is 26.5. The fraction of sp³-hybridized carbons (Fsp3) is 0.333. The number of hydrogen-bond acceptors (Lipinski definition) is 8. The Kier molecular flexibility index (Phi) is 7.88. The van der Waals surface area contributed by atoms with Crippen molar-refractivity contribution < 1.29 is 9.53 Å². The summed E-state index contributed by atoms with van der Waals surface area (Å²) in [7, 11) is 9.64. The first-order valence-corrected chi connectivity index (χ1v) is 12.2. The quantitative estimate of drug-likeness (QED) is 0.334. The van der Waals surface area contributed by atoms with Crippen LogP contribution in [0.25, 0.3) is 22.6 Å². The molecule has 4 rings (SSSR count). The summed E-state index contributed by atoms with van der Waals surface area (Å²) in [5.74, 6) is 1.67. The van der Waals surface area contributed by atoms with Crippen LogP contribution in [0.3, 0.4) is 0 Å². The molecule has 194 valence electrons. The van der Waals surface area contributed by atoms with Crippen molar-refractivity contribution in [3.8, 4) is 17.3 Å². The molecule has 4 aromatic rings. The molecule has 0 unspecified atom stereocenters. The molecular formula is C27H34N8O2. The Hall–Kier alpha value is -4.18. The van der Waals surface area contributed by atoms with E-state index in [9.17, 15) is 4.79 Å². The molecule has 0 spiro atoms. The Balaban J connectivity index is 1.69. The first-order chi connectivity index (χ1) is 17.8. The van der Waals surface area contributed by atoms with Crippen molar-refractivity contribution in [1.29, 1.82) is 0 Å². The average molecular weight is 503 g/mol. The van der Waals surface area contributed by atoms with Crippen LogP contribution < -0.4 is 20.3 Å². The van der Waals surface area contributed by atoms with E-state index in [-0.39, 0.29) is 5.91 Å². The number of ether oxygens (including phenoxy) is 1. The molecule has 0 bridgehead atoms. The SMILES string of the molecule is CCC(=O)Nc1cc(Nc2nccc(-c3nc4ccccc4n3C)n2)c(OC)cc1N(C)CCN(C)C. The number of para-hydroxylation sites is 2. The molecule has 2 heterocycles. The topological polar surface area (TPSA) is 100 Å². The minimum absolute atomic E-state index is 0.0709. The molecule has 10 nitrogen and oxygen atoms in total. The summed E-state index contributed by atoms with van der Waals surface area (Å²) in [6, 6.07) is 13.6. The fourth-order valence-electron chi connectivity index (χ4n) is 4.00. The molecule has 2 N–H and O–H groups in total. The number of aromatic nitrogens is 4. The highest BCUT2D eigenvalue weighted by molar-refractivity contribution is 5.96. The van der Waals surface area contributed by atoms with E-state index in [2.05, 4.69) is 25.4 Å². The summed E-state index contributed by atoms with van der Waals surface area (Å²) in [5.41, 5.74) is 4.80. The lowest BCUT2D eigenvalue weighted by Gasteiger charge is -2.26. The van der Waals surface area contributed by atoms with Gasteiger partial charge >= 0.3 is 0 Å². The minimum atomic E-state index is -0.0709. The molecule has 37 heavy (non-hydrogen) atoms. The lowest BCUT2D eigenvalue weighted by Crippen LogP contribution is -2.29. The predicted octanol–water partition coefficient (Wildman–Crippen LogP) is 4.13. The predicted molar refractivity (Wildman–Crippen MR) is 149 cm³/mol. The molecule has 2 aromatic heterocycles. The van der Waals surface area contributed by atoms with Gasteiger partial charge in [-0.1, -0.05) is 19.1 Å². The number of rotatable bonds is 10. The molecule has 0 saturated heterocycles. The van der Waals surface area contributed by atoms with Gasteiger partial charge in [0, 0.05) is 45.9 Å². The number of nitrogens with zero attached hydrogens (tertiary/aromatic N) is 6. The highest BCUT2D eigenvalue weighted by Crippen LogP contribution is 2.38. The van der Waals surface area contributed by atoms with Crippen molar-refractivity contribution >= 4 is 40.0 Å². The summed E-state index contributed by atoms with van der Waals surface area (Å²) < 4.78 is 7.72. The Bertz CT molecular complexity index is 1400. The van der Waals surface area contributed by atoms with Gasteiger partial charge in [0.1, 0.15) is 11.4 Å². The number of fused-ring (bicyclic) bond motifs is 1. The maximum absolute atomic E-state index is 12.3. The molecule has 0 fully saturated rings. The van der Waals surface area contributed by atoms with E-state index >= 15 is 0 Å². The fourth-order valence-corrected chi connectivity index (χ4v) is 4.00. The number of amides is 1. The van der Waals surface area contributed by atoms with Gasteiger partial charge in [-0.05, 0) is 38.4 Å². The van der Waals surface area contributed by atoms with E-state index in [0.717, 1.165) is 35.6 Å². The van der Waals surface area contributed by atoms with Gasteiger partial charge in [0.15, 0.2) is 5.82 Å². The highest BCUT2D eigenvalue weighted by Gasteiger charge is 2.17. The molecule has 0 aliphatic heterocycles. The molecule has 10 heteroatoms. The van der Waals surface area contributed by atoms with Crippen molar-refractivity contribution in [2.75, 3.05) is 56.9 Å². The Morgan fingerprint density at radius 3 is 2.54 bits per heavy atom. The third-order valence-electron chi connectivity index (χ3n) is 6.13. The number of anilines is 4. The summed E-state index contributed by atoms with van der Waals surface area (Å²) >= 11 is 0. The summed E-state index contributed by atoms with van der Waals surface area (Å²) in [5, 5.41) is 6.29. The van der Waals surface area contributed by atoms with Gasteiger partial charge in [0.05, 0.1) is 35.2 Å². The molecule has 2 aromatic carbocycles. The van der Waals surface area contributed by atoms with Crippen LogP contribution in [0.2, 0.25) is 0 Å². The van der Waals surface area contributed by atoms with Crippen LogP contribution in [0.4, 0.5) is 23.0 Å². The maximum Gasteiger partial charge on any atom is 0.227 e. The average Bonchev–Trinajstić information content (AvgIpc) is 3.24. The number of hydrogen-bond donors (Lipinski definition) is 2. The van der Waals surface area contributed by atoms with Crippen molar-refractivity contribution in [3.63, 3.8) is 0 Å².